The van der Waals surface area contributed by atoms with E-state index in [9.17, 15) is 0 Å². The first-order valence-corrected chi connectivity index (χ1v) is 6.86. The van der Waals surface area contributed by atoms with E-state index in [1.165, 1.54) is 0 Å². The molecule has 0 aliphatic carbocycles. The van der Waals surface area contributed by atoms with Gasteiger partial charge >= 0.3 is 0 Å². The molecule has 6 heteroatoms. The lowest BCUT2D eigenvalue weighted by atomic mass is 10.0. The maximum Gasteiger partial charge on any atom is 0.222 e. The molecule has 0 aliphatic heterocycles. The van der Waals surface area contributed by atoms with Crippen LogP contribution in [0.1, 0.15) is 41.0 Å². The number of nitrogens with two attached hydrogens (primary N) is 1. The van der Waals surface area contributed by atoms with E-state index in [0.717, 1.165) is 13.0 Å². The maximum atomic E-state index is 5.66. The van der Waals surface area contributed by atoms with Crippen molar-refractivity contribution in [1.82, 2.24) is 16.0 Å². The molecule has 0 aliphatic rings. The minimum atomic E-state index is 0.0743. The highest BCUT2D eigenvalue weighted by Gasteiger charge is 2.12. The van der Waals surface area contributed by atoms with Crippen molar-refractivity contribution < 1.29 is 0 Å². The van der Waals surface area contributed by atoms with Crippen LogP contribution in [0.3, 0.4) is 0 Å². The number of hydrogen-bond acceptors (Lipinski definition) is 2. The van der Waals surface area contributed by atoms with Crippen LogP contribution >= 0.6 is 0 Å². The van der Waals surface area contributed by atoms with Gasteiger partial charge in [-0.1, -0.05) is 20.8 Å². The monoisotopic (exact) mass is 270 g/mol. The molecule has 5 N–H and O–H groups in total. The predicted molar refractivity (Wildman–Crippen MR) is 83.3 cm³/mol. The van der Waals surface area contributed by atoms with Gasteiger partial charge in [-0.15, -0.1) is 0 Å². The average molecular weight is 270 g/mol. The molecular formula is C13H30N6. The quantitative estimate of drug-likeness (QED) is 0.426. The van der Waals surface area contributed by atoms with Gasteiger partial charge in [0.1, 0.15) is 0 Å². The number of hydrogen-bond donors (Lipinski definition) is 4. The lowest BCUT2D eigenvalue weighted by Crippen LogP contribution is -2.39. The lowest BCUT2D eigenvalue weighted by Gasteiger charge is -2.23. The molecule has 19 heavy (non-hydrogen) atoms. The second-order valence-corrected chi connectivity index (χ2v) is 5.58. The minimum Gasteiger partial charge on any atom is -0.370 e. The van der Waals surface area contributed by atoms with Crippen molar-refractivity contribution in [2.75, 3.05) is 20.3 Å². The van der Waals surface area contributed by atoms with Crippen molar-refractivity contribution in [3.8, 4) is 0 Å². The van der Waals surface area contributed by atoms with Crippen molar-refractivity contribution in [3.63, 3.8) is 0 Å². The smallest absolute Gasteiger partial charge is 0.222 e. The van der Waals surface area contributed by atoms with Crippen LogP contribution in [0.5, 0.6) is 0 Å². The van der Waals surface area contributed by atoms with Crippen LogP contribution in [-0.4, -0.2) is 37.7 Å². The van der Waals surface area contributed by atoms with Crippen LogP contribution in [0, 0.1) is 5.92 Å². The van der Waals surface area contributed by atoms with Crippen LogP contribution in [0.2, 0.25) is 0 Å². The Hall–Kier alpha value is -1.30. The molecule has 0 aromatic carbocycles. The van der Waals surface area contributed by atoms with Crippen LogP contribution in [0.4, 0.5) is 0 Å². The molecule has 112 valence electrons. The van der Waals surface area contributed by atoms with Crippen molar-refractivity contribution in [2.45, 2.75) is 46.6 Å². The molecule has 0 unspecified atom stereocenters. The molecule has 0 aromatic rings. The van der Waals surface area contributed by atoms with Gasteiger partial charge < -0.3 is 16.4 Å². The van der Waals surface area contributed by atoms with Crippen LogP contribution in [-0.2, 0) is 0 Å². The van der Waals surface area contributed by atoms with Gasteiger partial charge in [0, 0.05) is 19.1 Å². The fourth-order valence-corrected chi connectivity index (χ4v) is 1.05. The summed E-state index contributed by atoms with van der Waals surface area (Å²) in [7, 11) is 1.73. The van der Waals surface area contributed by atoms with E-state index in [0.29, 0.717) is 24.5 Å². The summed E-state index contributed by atoms with van der Waals surface area (Å²) in [5.41, 5.74) is 5.74. The summed E-state index contributed by atoms with van der Waals surface area (Å²) < 4.78 is 0. The Morgan fingerprint density at radius 2 is 1.95 bits per heavy atom. The lowest BCUT2D eigenvalue weighted by molar-refractivity contribution is 0.383. The first-order chi connectivity index (χ1) is 8.80. The SMILES string of the molecule is CCC(C)(C)NC/N=C(\N=C(\N)NC)NCC(C)C. The third-order valence-electron chi connectivity index (χ3n) is 2.82. The molecule has 0 fully saturated rings. The summed E-state index contributed by atoms with van der Waals surface area (Å²) >= 11 is 0. The maximum absolute atomic E-state index is 5.66. The van der Waals surface area contributed by atoms with Gasteiger partial charge in [0.2, 0.25) is 5.96 Å². The zero-order valence-electron chi connectivity index (χ0n) is 13.2. The van der Waals surface area contributed by atoms with Gasteiger partial charge in [0.25, 0.3) is 0 Å². The van der Waals surface area contributed by atoms with E-state index in [-0.39, 0.29) is 5.54 Å². The summed E-state index contributed by atoms with van der Waals surface area (Å²) in [5.74, 6) is 1.43. The molecule has 0 aromatic heterocycles. The van der Waals surface area contributed by atoms with Gasteiger partial charge in [0.05, 0.1) is 6.67 Å². The second-order valence-electron chi connectivity index (χ2n) is 5.58. The third kappa shape index (κ3) is 9.30. The van der Waals surface area contributed by atoms with Gasteiger partial charge in [0.15, 0.2) is 5.96 Å². The summed E-state index contributed by atoms with van der Waals surface area (Å²) in [4.78, 5) is 8.60. The fraction of sp³-hybridized carbons (Fsp3) is 0.846. The van der Waals surface area contributed by atoms with Crippen molar-refractivity contribution in [1.29, 1.82) is 0 Å². The molecule has 0 bridgehead atoms. The van der Waals surface area contributed by atoms with E-state index < -0.39 is 0 Å². The molecule has 0 atom stereocenters. The summed E-state index contributed by atoms with van der Waals surface area (Å²) in [6.45, 7) is 12.0. The van der Waals surface area contributed by atoms with E-state index in [2.05, 4.69) is 60.6 Å². The Labute approximate surface area is 117 Å². The summed E-state index contributed by atoms with van der Waals surface area (Å²) in [6, 6.07) is 0. The van der Waals surface area contributed by atoms with Gasteiger partial charge in [-0.2, -0.15) is 4.99 Å². The highest BCUT2D eigenvalue weighted by atomic mass is 15.2. The van der Waals surface area contributed by atoms with Crippen LogP contribution in [0.15, 0.2) is 9.98 Å². The molecule has 6 nitrogen and oxygen atoms in total. The van der Waals surface area contributed by atoms with Crippen molar-refractivity contribution in [2.24, 2.45) is 21.6 Å². The number of guanidine groups is 2. The summed E-state index contributed by atoms with van der Waals surface area (Å²) in [5, 5.41) is 9.34. The largest absolute Gasteiger partial charge is 0.370 e. The average Bonchev–Trinajstić information content (AvgIpc) is 2.35. The number of nitrogens with one attached hydrogen (secondary N) is 3. The molecular weight excluding hydrogens is 240 g/mol. The number of rotatable bonds is 6. The highest BCUT2D eigenvalue weighted by molar-refractivity contribution is 5.93. The first-order valence-electron chi connectivity index (χ1n) is 6.86. The van der Waals surface area contributed by atoms with E-state index >= 15 is 0 Å². The number of aliphatic imine (C=N–C) groups is 2. The Balaban J connectivity index is 4.55. The van der Waals surface area contributed by atoms with Gasteiger partial charge in [-0.25, -0.2) is 4.99 Å². The molecule has 0 rings (SSSR count). The topological polar surface area (TPSA) is 86.8 Å². The molecule has 0 saturated heterocycles. The second kappa shape index (κ2) is 8.74. The summed E-state index contributed by atoms with van der Waals surface area (Å²) in [6.07, 6.45) is 1.04. The minimum absolute atomic E-state index is 0.0743. The zero-order chi connectivity index (χ0) is 14.9. The Morgan fingerprint density at radius 3 is 2.42 bits per heavy atom. The molecule has 0 spiro atoms. The standard InChI is InChI=1S/C13H30N6/c1-7-13(4,5)18-9-17-12(16-8-10(2)3)19-11(14)15-6/h10,18H,7-9H2,1-6H3,(H4,14,15,16,17,19). The van der Waals surface area contributed by atoms with Gasteiger partial charge in [-0.05, 0) is 26.2 Å². The molecule has 0 amide bonds. The number of nitrogens with zero attached hydrogens (tertiary/aromatic N) is 2. The van der Waals surface area contributed by atoms with Crippen LogP contribution in [0.25, 0.3) is 0 Å². The molecule has 0 radical (unpaired) electrons. The normalized spacial score (nSPS) is 13.8. The Kier molecular flexibility index (Phi) is 8.14. The van der Waals surface area contributed by atoms with E-state index in [1.807, 2.05) is 0 Å². The van der Waals surface area contributed by atoms with Crippen LogP contribution < -0.4 is 21.7 Å². The highest BCUT2D eigenvalue weighted by Crippen LogP contribution is 2.05. The first kappa shape index (κ1) is 17.7. The molecule has 0 saturated carbocycles. The van der Waals surface area contributed by atoms with Gasteiger partial charge in [-0.3, -0.25) is 5.32 Å². The third-order valence-corrected chi connectivity index (χ3v) is 2.82. The molecule has 0 heterocycles. The zero-order valence-corrected chi connectivity index (χ0v) is 13.2. The van der Waals surface area contributed by atoms with Crippen molar-refractivity contribution in [3.05, 3.63) is 0 Å². The fourth-order valence-electron chi connectivity index (χ4n) is 1.05. The van der Waals surface area contributed by atoms with Crippen molar-refractivity contribution >= 4 is 11.9 Å². The Bertz CT molecular complexity index is 306. The van der Waals surface area contributed by atoms with E-state index in [4.69, 9.17) is 5.73 Å². The predicted octanol–water partition coefficient (Wildman–Crippen LogP) is 0.858. The Morgan fingerprint density at radius 1 is 1.32 bits per heavy atom. The van der Waals surface area contributed by atoms with E-state index in [1.54, 1.807) is 7.05 Å².